The zero-order chi connectivity index (χ0) is 18.4. The zero-order valence-corrected chi connectivity index (χ0v) is 13.7. The third-order valence-corrected chi connectivity index (χ3v) is 4.13. The van der Waals surface area contributed by atoms with Crippen LogP contribution in [-0.4, -0.2) is 28.3 Å². The highest BCUT2D eigenvalue weighted by Crippen LogP contribution is 2.33. The molecular weight excluding hydrogens is 330 g/mol. The number of allylic oxidation sites excluding steroid dienone is 1. The Hall–Kier alpha value is -2.74. The summed E-state index contributed by atoms with van der Waals surface area (Å²) in [6.45, 7) is 1.68. The van der Waals surface area contributed by atoms with Crippen molar-refractivity contribution in [3.63, 3.8) is 0 Å². The average Bonchev–Trinajstić information content (AvgIpc) is 2.55. The largest absolute Gasteiger partial charge is 0.521 e. The van der Waals surface area contributed by atoms with Crippen LogP contribution in [0, 0.1) is 15.5 Å². The van der Waals surface area contributed by atoms with Crippen molar-refractivity contribution in [2.45, 2.75) is 38.7 Å². The van der Waals surface area contributed by atoms with E-state index in [1.54, 1.807) is 19.1 Å². The van der Waals surface area contributed by atoms with Crippen molar-refractivity contribution in [3.8, 4) is 5.75 Å². The van der Waals surface area contributed by atoms with Gasteiger partial charge in [0.05, 0.1) is 16.4 Å². The second-order valence-corrected chi connectivity index (χ2v) is 6.13. The highest BCUT2D eigenvalue weighted by atomic mass is 16.7. The number of benzene rings is 1. The summed E-state index contributed by atoms with van der Waals surface area (Å²) in [4.78, 5) is 34.1. The van der Waals surface area contributed by atoms with Gasteiger partial charge in [0.1, 0.15) is 5.75 Å². The predicted molar refractivity (Wildman–Crippen MR) is 86.9 cm³/mol. The molecule has 0 radical (unpaired) electrons. The number of nitro benzene ring substituents is 1. The number of ether oxygens (including phenoxy) is 2. The summed E-state index contributed by atoms with van der Waals surface area (Å²) in [6.07, 6.45) is 3.50. The molecule has 8 heteroatoms. The molecule has 1 aromatic carbocycles. The van der Waals surface area contributed by atoms with Gasteiger partial charge in [-0.15, -0.1) is 0 Å². The van der Waals surface area contributed by atoms with Crippen LogP contribution >= 0.6 is 0 Å². The van der Waals surface area contributed by atoms with Gasteiger partial charge in [-0.2, -0.15) is 0 Å². The second kappa shape index (κ2) is 7.89. The molecule has 0 fully saturated rings. The van der Waals surface area contributed by atoms with Crippen LogP contribution in [0.15, 0.2) is 36.4 Å². The normalized spacial score (nSPS) is 24.5. The SMILES string of the molecule is C[C@@]1(C(=O)OC(=O)Oc2ccc([N+](=O)[O-])cc2)CC/C=C/[C@H](O)CC1. The maximum Gasteiger partial charge on any atom is 0.521 e. The number of aliphatic hydroxyl groups excluding tert-OH is 1. The number of nitrogens with zero attached hydrogens (tertiary/aromatic N) is 1. The van der Waals surface area contributed by atoms with Crippen LogP contribution in [0.5, 0.6) is 5.75 Å². The summed E-state index contributed by atoms with van der Waals surface area (Å²) in [7, 11) is 0. The lowest BCUT2D eigenvalue weighted by molar-refractivity contribution is -0.384. The Bertz CT molecular complexity index is 683. The Morgan fingerprint density at radius 3 is 2.60 bits per heavy atom. The molecule has 134 valence electrons. The van der Waals surface area contributed by atoms with Gasteiger partial charge in [0.2, 0.25) is 0 Å². The maximum atomic E-state index is 12.3. The summed E-state index contributed by atoms with van der Waals surface area (Å²) >= 11 is 0. The molecule has 1 aromatic rings. The van der Waals surface area contributed by atoms with Gasteiger partial charge in [-0.25, -0.2) is 4.79 Å². The lowest BCUT2D eigenvalue weighted by Crippen LogP contribution is -2.34. The first-order valence-electron chi connectivity index (χ1n) is 7.83. The molecule has 1 N–H and O–H groups in total. The summed E-state index contributed by atoms with van der Waals surface area (Å²) in [6, 6.07) is 4.83. The zero-order valence-electron chi connectivity index (χ0n) is 13.7. The highest BCUT2D eigenvalue weighted by molar-refractivity contribution is 5.86. The molecule has 0 saturated heterocycles. The lowest BCUT2D eigenvalue weighted by Gasteiger charge is -2.28. The first-order valence-corrected chi connectivity index (χ1v) is 7.83. The molecule has 1 aliphatic carbocycles. The van der Waals surface area contributed by atoms with Crippen molar-refractivity contribution in [2.24, 2.45) is 5.41 Å². The molecule has 0 spiro atoms. The minimum absolute atomic E-state index is 0.0320. The second-order valence-electron chi connectivity index (χ2n) is 6.13. The molecule has 1 aliphatic rings. The fourth-order valence-electron chi connectivity index (χ4n) is 2.50. The lowest BCUT2D eigenvalue weighted by atomic mass is 9.79. The van der Waals surface area contributed by atoms with Gasteiger partial charge in [-0.05, 0) is 44.7 Å². The Morgan fingerprint density at radius 2 is 1.96 bits per heavy atom. The predicted octanol–water partition coefficient (Wildman–Crippen LogP) is 3.13. The molecule has 0 amide bonds. The third kappa shape index (κ3) is 5.12. The van der Waals surface area contributed by atoms with Gasteiger partial charge in [-0.3, -0.25) is 14.9 Å². The summed E-state index contributed by atoms with van der Waals surface area (Å²) in [5.41, 5.74) is -1.05. The summed E-state index contributed by atoms with van der Waals surface area (Å²) in [5.74, 6) is -0.688. The molecule has 0 heterocycles. The van der Waals surface area contributed by atoms with Crippen LogP contribution in [0.25, 0.3) is 0 Å². The number of esters is 1. The van der Waals surface area contributed by atoms with Crippen LogP contribution in [-0.2, 0) is 9.53 Å². The van der Waals surface area contributed by atoms with E-state index in [1.165, 1.54) is 24.3 Å². The van der Waals surface area contributed by atoms with Crippen LogP contribution in [0.3, 0.4) is 0 Å². The van der Waals surface area contributed by atoms with E-state index in [0.29, 0.717) is 25.7 Å². The number of carbonyl (C=O) groups excluding carboxylic acids is 2. The first kappa shape index (κ1) is 18.6. The van der Waals surface area contributed by atoms with E-state index in [4.69, 9.17) is 9.47 Å². The highest BCUT2D eigenvalue weighted by Gasteiger charge is 2.37. The molecule has 0 saturated carbocycles. The van der Waals surface area contributed by atoms with E-state index >= 15 is 0 Å². The van der Waals surface area contributed by atoms with Crippen LogP contribution < -0.4 is 4.74 Å². The van der Waals surface area contributed by atoms with Crippen LogP contribution in [0.4, 0.5) is 10.5 Å². The molecule has 0 aromatic heterocycles. The standard InChI is InChI=1S/C17H19NO7/c1-17(10-3-2-4-13(19)9-11-17)15(20)25-16(21)24-14-7-5-12(6-8-14)18(22)23/h2,4-8,13,19H,3,9-11H2,1H3/b4-2+/t13-,17+/m0/s1. The van der Waals surface area contributed by atoms with Gasteiger partial charge >= 0.3 is 12.1 Å². The maximum absolute atomic E-state index is 12.3. The Morgan fingerprint density at radius 1 is 1.28 bits per heavy atom. The first-order chi connectivity index (χ1) is 11.8. The third-order valence-electron chi connectivity index (χ3n) is 4.13. The van der Waals surface area contributed by atoms with E-state index in [2.05, 4.69) is 0 Å². The quantitative estimate of drug-likeness (QED) is 0.222. The monoisotopic (exact) mass is 349 g/mol. The number of aliphatic hydroxyl groups is 1. The average molecular weight is 349 g/mol. The molecule has 2 rings (SSSR count). The molecular formula is C17H19NO7. The summed E-state index contributed by atoms with van der Waals surface area (Å²) < 4.78 is 9.63. The number of hydrogen-bond donors (Lipinski definition) is 1. The fourth-order valence-corrected chi connectivity index (χ4v) is 2.50. The Labute approximate surface area is 144 Å². The van der Waals surface area contributed by atoms with Gasteiger partial charge in [-0.1, -0.05) is 12.2 Å². The smallest absolute Gasteiger partial charge is 0.395 e. The van der Waals surface area contributed by atoms with E-state index < -0.39 is 28.6 Å². The van der Waals surface area contributed by atoms with Crippen molar-refractivity contribution in [3.05, 3.63) is 46.5 Å². The molecule has 2 atom stereocenters. The topological polar surface area (TPSA) is 116 Å². The number of hydrogen-bond acceptors (Lipinski definition) is 7. The summed E-state index contributed by atoms with van der Waals surface area (Å²) in [5, 5.41) is 20.3. The molecule has 0 bridgehead atoms. The van der Waals surface area contributed by atoms with Gasteiger partial charge in [0.25, 0.3) is 5.69 Å². The Kier molecular flexibility index (Phi) is 5.87. The van der Waals surface area contributed by atoms with E-state index in [0.717, 1.165) is 0 Å². The minimum Gasteiger partial charge on any atom is -0.395 e. The van der Waals surface area contributed by atoms with Crippen molar-refractivity contribution >= 4 is 17.8 Å². The van der Waals surface area contributed by atoms with E-state index in [1.807, 2.05) is 0 Å². The Balaban J connectivity index is 1.95. The van der Waals surface area contributed by atoms with E-state index in [-0.39, 0.29) is 11.4 Å². The van der Waals surface area contributed by atoms with Crippen molar-refractivity contribution < 1.29 is 29.1 Å². The van der Waals surface area contributed by atoms with Crippen molar-refractivity contribution in [1.82, 2.24) is 0 Å². The minimum atomic E-state index is -1.20. The van der Waals surface area contributed by atoms with Crippen molar-refractivity contribution in [2.75, 3.05) is 0 Å². The number of nitro groups is 1. The molecule has 8 nitrogen and oxygen atoms in total. The molecule has 0 unspecified atom stereocenters. The van der Waals surface area contributed by atoms with Crippen LogP contribution in [0.2, 0.25) is 0 Å². The van der Waals surface area contributed by atoms with Crippen molar-refractivity contribution in [1.29, 1.82) is 0 Å². The fraction of sp³-hybridized carbons (Fsp3) is 0.412. The van der Waals surface area contributed by atoms with Gasteiger partial charge in [0, 0.05) is 12.1 Å². The number of rotatable bonds is 3. The molecule has 25 heavy (non-hydrogen) atoms. The molecule has 0 aliphatic heterocycles. The van der Waals surface area contributed by atoms with Gasteiger partial charge in [0.15, 0.2) is 0 Å². The van der Waals surface area contributed by atoms with Crippen LogP contribution in [0.1, 0.15) is 32.6 Å². The number of carbonyl (C=O) groups is 2. The van der Waals surface area contributed by atoms with Gasteiger partial charge < -0.3 is 14.6 Å². The number of non-ortho nitro benzene ring substituents is 1. The van der Waals surface area contributed by atoms with E-state index in [9.17, 15) is 24.8 Å².